The summed E-state index contributed by atoms with van der Waals surface area (Å²) >= 11 is 0. The van der Waals surface area contributed by atoms with E-state index in [0.717, 1.165) is 82.5 Å². The summed E-state index contributed by atoms with van der Waals surface area (Å²) in [5, 5.41) is 12.5. The number of nitrogens with zero attached hydrogens (tertiary/aromatic N) is 3. The van der Waals surface area contributed by atoms with Gasteiger partial charge >= 0.3 is 0 Å². The number of nitrogens with one attached hydrogen (secondary N) is 5. The molecule has 34 heavy (non-hydrogen) atoms. The Hall–Kier alpha value is -4.33. The number of amidine groups is 2. The first-order chi connectivity index (χ1) is 16.8. The number of hydrogen-bond donors (Lipinski definition) is 5. The molecule has 0 aliphatic carbocycles. The summed E-state index contributed by atoms with van der Waals surface area (Å²) in [5.41, 5.74) is 7.35. The number of H-pyrrole nitrogens is 2. The second-order valence-corrected chi connectivity index (χ2v) is 8.78. The fourth-order valence-corrected chi connectivity index (χ4v) is 4.78. The van der Waals surface area contributed by atoms with Crippen LogP contribution in [0.3, 0.4) is 0 Å². The van der Waals surface area contributed by atoms with E-state index in [1.165, 1.54) is 5.39 Å². The quantitative estimate of drug-likeness (QED) is 0.331. The average Bonchev–Trinajstić information content (AvgIpc) is 3.69. The van der Waals surface area contributed by atoms with Gasteiger partial charge in [-0.05, 0) is 29.7 Å². The van der Waals surface area contributed by atoms with Gasteiger partial charge in [0, 0.05) is 58.7 Å². The van der Waals surface area contributed by atoms with Gasteiger partial charge in [-0.2, -0.15) is 0 Å². The third-order valence-corrected chi connectivity index (χ3v) is 6.53. The maximum absolute atomic E-state index is 4.76. The summed E-state index contributed by atoms with van der Waals surface area (Å²) < 4.78 is 0. The van der Waals surface area contributed by atoms with Crippen LogP contribution in [0.4, 0.5) is 0 Å². The van der Waals surface area contributed by atoms with E-state index in [4.69, 9.17) is 4.99 Å². The monoisotopic (exact) mass is 448 g/mol. The van der Waals surface area contributed by atoms with Gasteiger partial charge in [0.25, 0.3) is 0 Å². The molecular formula is C26H24N8. The lowest BCUT2D eigenvalue weighted by molar-refractivity contribution is 0.777. The van der Waals surface area contributed by atoms with E-state index in [0.29, 0.717) is 0 Å². The molecule has 8 heteroatoms. The summed E-state index contributed by atoms with van der Waals surface area (Å²) in [6.45, 7) is 3.48. The highest BCUT2D eigenvalue weighted by Crippen LogP contribution is 2.27. The van der Waals surface area contributed by atoms with E-state index in [9.17, 15) is 0 Å². The predicted octanol–water partition coefficient (Wildman–Crippen LogP) is 3.06. The highest BCUT2D eigenvalue weighted by molar-refractivity contribution is 6.03. The summed E-state index contributed by atoms with van der Waals surface area (Å²) in [4.78, 5) is 20.9. The maximum atomic E-state index is 4.76. The molecule has 0 fully saturated rings. The summed E-state index contributed by atoms with van der Waals surface area (Å²) in [7, 11) is 0. The van der Waals surface area contributed by atoms with Crippen molar-refractivity contribution in [2.75, 3.05) is 26.2 Å². The highest BCUT2D eigenvalue weighted by Gasteiger charge is 2.17. The van der Waals surface area contributed by atoms with Gasteiger partial charge in [0.1, 0.15) is 23.4 Å². The Morgan fingerprint density at radius 3 is 2.03 bits per heavy atom. The standard InChI is InChI=1S/C26H24N8/c1-3-17(25-27-5-6-28-25)11-19-15(1)9-21(33-19)23-13-32-24(14-31-23)22-10-16-2-4-18(12-20(16)34-22)26-29-7-8-30-26/h1-4,9-14,23,31,33-34H,5-8H2,(H,27,28)(H,29,30). The SMILES string of the molecule is C1=NC(c2cc3ccc(C4=NCCN4)cc3[nH]2)=CNC1c1cc2ccc(C3=NCCN3)cc2[nH]1. The highest BCUT2D eigenvalue weighted by atomic mass is 15.1. The first-order valence-electron chi connectivity index (χ1n) is 11.6. The minimum absolute atomic E-state index is 0.0102. The van der Waals surface area contributed by atoms with Crippen LogP contribution >= 0.6 is 0 Å². The molecular weight excluding hydrogens is 424 g/mol. The second-order valence-electron chi connectivity index (χ2n) is 8.78. The Labute approximate surface area is 196 Å². The second kappa shape index (κ2) is 7.62. The molecule has 0 radical (unpaired) electrons. The summed E-state index contributed by atoms with van der Waals surface area (Å²) in [5.74, 6) is 1.94. The predicted molar refractivity (Wildman–Crippen MR) is 138 cm³/mol. The van der Waals surface area contributed by atoms with Crippen LogP contribution in [0, 0.1) is 0 Å². The number of aliphatic imine (C=N–C) groups is 3. The average molecular weight is 449 g/mol. The molecule has 0 saturated heterocycles. The molecule has 2 aromatic heterocycles. The fourth-order valence-electron chi connectivity index (χ4n) is 4.78. The molecule has 0 amide bonds. The van der Waals surface area contributed by atoms with E-state index >= 15 is 0 Å². The van der Waals surface area contributed by atoms with Crippen LogP contribution in [0.15, 0.2) is 69.7 Å². The normalized spacial score (nSPS) is 19.5. The number of benzene rings is 2. The molecule has 0 saturated carbocycles. The smallest absolute Gasteiger partial charge is 0.128 e. The van der Waals surface area contributed by atoms with E-state index in [1.807, 2.05) is 12.4 Å². The lowest BCUT2D eigenvalue weighted by Crippen LogP contribution is -2.20. The molecule has 8 nitrogen and oxygen atoms in total. The molecule has 3 aliphatic rings. The van der Waals surface area contributed by atoms with Crippen molar-refractivity contribution < 1.29 is 0 Å². The van der Waals surface area contributed by atoms with Crippen LogP contribution in [0.5, 0.6) is 0 Å². The number of rotatable bonds is 4. The first kappa shape index (κ1) is 19.2. The minimum atomic E-state index is -0.0102. The van der Waals surface area contributed by atoms with Crippen molar-refractivity contribution in [2.45, 2.75) is 6.04 Å². The van der Waals surface area contributed by atoms with E-state index in [-0.39, 0.29) is 6.04 Å². The largest absolute Gasteiger partial charge is 0.376 e. The lowest BCUT2D eigenvalue weighted by Gasteiger charge is -2.16. The van der Waals surface area contributed by atoms with Gasteiger partial charge in [-0.15, -0.1) is 0 Å². The van der Waals surface area contributed by atoms with Crippen LogP contribution in [0.2, 0.25) is 0 Å². The fraction of sp³-hybridized carbons (Fsp3) is 0.192. The molecule has 7 rings (SSSR count). The Bertz CT molecular complexity index is 1550. The number of hydrogen-bond acceptors (Lipinski definition) is 6. The van der Waals surface area contributed by atoms with Crippen LogP contribution in [0.25, 0.3) is 27.5 Å². The van der Waals surface area contributed by atoms with Crippen molar-refractivity contribution in [1.29, 1.82) is 0 Å². The third kappa shape index (κ3) is 3.26. The Kier molecular flexibility index (Phi) is 4.30. The molecule has 0 bridgehead atoms. The lowest BCUT2D eigenvalue weighted by atomic mass is 10.1. The van der Waals surface area contributed by atoms with Gasteiger partial charge in [-0.1, -0.05) is 24.3 Å². The van der Waals surface area contributed by atoms with Crippen molar-refractivity contribution in [1.82, 2.24) is 25.9 Å². The third-order valence-electron chi connectivity index (χ3n) is 6.53. The van der Waals surface area contributed by atoms with Gasteiger partial charge in [-0.3, -0.25) is 15.0 Å². The van der Waals surface area contributed by atoms with E-state index < -0.39 is 0 Å². The molecule has 3 aliphatic heterocycles. The van der Waals surface area contributed by atoms with Crippen LogP contribution in [0.1, 0.15) is 28.6 Å². The molecule has 5 N–H and O–H groups in total. The van der Waals surface area contributed by atoms with Crippen molar-refractivity contribution >= 4 is 45.4 Å². The van der Waals surface area contributed by atoms with E-state index in [1.54, 1.807) is 0 Å². The number of aromatic nitrogens is 2. The zero-order valence-electron chi connectivity index (χ0n) is 18.5. The van der Waals surface area contributed by atoms with Crippen LogP contribution < -0.4 is 16.0 Å². The van der Waals surface area contributed by atoms with E-state index in [2.05, 4.69) is 84.4 Å². The number of aromatic amines is 2. The van der Waals surface area contributed by atoms with Crippen molar-refractivity contribution in [3.63, 3.8) is 0 Å². The Morgan fingerprint density at radius 2 is 1.41 bits per heavy atom. The van der Waals surface area contributed by atoms with Crippen molar-refractivity contribution in [3.05, 3.63) is 77.2 Å². The zero-order chi connectivity index (χ0) is 22.5. The van der Waals surface area contributed by atoms with Crippen LogP contribution in [-0.2, 0) is 0 Å². The van der Waals surface area contributed by atoms with Gasteiger partial charge in [-0.25, -0.2) is 0 Å². The van der Waals surface area contributed by atoms with Gasteiger partial charge in [0.05, 0.1) is 18.8 Å². The summed E-state index contributed by atoms with van der Waals surface area (Å²) in [6.07, 6.45) is 3.94. The van der Waals surface area contributed by atoms with Gasteiger partial charge in [0.2, 0.25) is 0 Å². The van der Waals surface area contributed by atoms with Crippen LogP contribution in [-0.4, -0.2) is 54.0 Å². The van der Waals surface area contributed by atoms with Crippen molar-refractivity contribution in [2.24, 2.45) is 15.0 Å². The molecule has 5 heterocycles. The topological polar surface area (TPSA) is 105 Å². The molecule has 4 aromatic rings. The Morgan fingerprint density at radius 1 is 0.735 bits per heavy atom. The Balaban J connectivity index is 1.12. The molecule has 1 atom stereocenters. The van der Waals surface area contributed by atoms with Gasteiger partial charge < -0.3 is 25.9 Å². The zero-order valence-corrected chi connectivity index (χ0v) is 18.5. The van der Waals surface area contributed by atoms with Crippen molar-refractivity contribution in [3.8, 4) is 0 Å². The molecule has 1 unspecified atom stereocenters. The first-order valence-corrected chi connectivity index (χ1v) is 11.6. The summed E-state index contributed by atoms with van der Waals surface area (Å²) in [6, 6.07) is 17.1. The minimum Gasteiger partial charge on any atom is -0.376 e. The molecule has 168 valence electrons. The number of fused-ring (bicyclic) bond motifs is 2. The van der Waals surface area contributed by atoms with Gasteiger partial charge in [0.15, 0.2) is 0 Å². The molecule has 2 aromatic carbocycles. The maximum Gasteiger partial charge on any atom is 0.128 e. The molecule has 0 spiro atoms.